The van der Waals surface area contributed by atoms with Crippen LogP contribution in [0.1, 0.15) is 23.0 Å². The molecular formula is C12H11Br2N3O. The van der Waals surface area contributed by atoms with Crippen LogP contribution in [0.5, 0.6) is 0 Å². The number of aryl methyl sites for hydroxylation is 1. The lowest BCUT2D eigenvalue weighted by Crippen LogP contribution is -2.12. The van der Waals surface area contributed by atoms with E-state index in [0.29, 0.717) is 11.4 Å². The lowest BCUT2D eigenvalue weighted by Gasteiger charge is -2.03. The minimum Gasteiger partial charge on any atom is -0.305 e. The number of aromatic amines is 1. The van der Waals surface area contributed by atoms with Crippen molar-refractivity contribution in [3.63, 3.8) is 0 Å². The van der Waals surface area contributed by atoms with Gasteiger partial charge in [-0.05, 0) is 24.6 Å². The monoisotopic (exact) mass is 371 g/mol. The summed E-state index contributed by atoms with van der Waals surface area (Å²) in [6, 6.07) is 7.21. The Morgan fingerprint density at radius 1 is 1.28 bits per heavy atom. The zero-order valence-electron chi connectivity index (χ0n) is 9.63. The Bertz CT molecular complexity index is 560. The van der Waals surface area contributed by atoms with E-state index in [1.165, 1.54) is 0 Å². The van der Waals surface area contributed by atoms with Gasteiger partial charge in [-0.3, -0.25) is 9.89 Å². The molecule has 0 aliphatic carbocycles. The Morgan fingerprint density at radius 2 is 1.94 bits per heavy atom. The number of H-pyrrole nitrogens is 1. The SMILES string of the molecule is CCc1cc(NC(=O)c2cc(Br)cc(Br)c2)n[nH]1. The number of rotatable bonds is 3. The van der Waals surface area contributed by atoms with Crippen molar-refractivity contribution in [3.8, 4) is 0 Å². The molecule has 0 saturated heterocycles. The molecule has 2 N–H and O–H groups in total. The molecule has 6 heteroatoms. The van der Waals surface area contributed by atoms with Crippen molar-refractivity contribution in [1.82, 2.24) is 10.2 Å². The lowest BCUT2D eigenvalue weighted by atomic mass is 10.2. The van der Waals surface area contributed by atoms with Crippen LogP contribution >= 0.6 is 31.9 Å². The molecule has 0 fully saturated rings. The van der Waals surface area contributed by atoms with Gasteiger partial charge in [0.1, 0.15) is 0 Å². The highest BCUT2D eigenvalue weighted by Gasteiger charge is 2.09. The van der Waals surface area contributed by atoms with Gasteiger partial charge in [-0.2, -0.15) is 5.10 Å². The second-order valence-corrected chi connectivity index (χ2v) is 5.58. The zero-order valence-corrected chi connectivity index (χ0v) is 12.8. The number of carbonyl (C=O) groups is 1. The molecule has 0 radical (unpaired) electrons. The zero-order chi connectivity index (χ0) is 13.1. The third-order valence-electron chi connectivity index (χ3n) is 2.38. The average Bonchev–Trinajstić information content (AvgIpc) is 2.75. The molecule has 0 aliphatic rings. The molecule has 1 aromatic carbocycles. The Labute approximate surface area is 121 Å². The van der Waals surface area contributed by atoms with E-state index in [9.17, 15) is 4.79 Å². The summed E-state index contributed by atoms with van der Waals surface area (Å²) < 4.78 is 1.69. The maximum atomic E-state index is 12.0. The minimum absolute atomic E-state index is 0.189. The molecule has 1 amide bonds. The van der Waals surface area contributed by atoms with Crippen LogP contribution < -0.4 is 5.32 Å². The first kappa shape index (κ1) is 13.3. The quantitative estimate of drug-likeness (QED) is 0.861. The van der Waals surface area contributed by atoms with Crippen molar-refractivity contribution in [2.75, 3.05) is 5.32 Å². The van der Waals surface area contributed by atoms with E-state index in [0.717, 1.165) is 21.1 Å². The van der Waals surface area contributed by atoms with Crippen LogP contribution in [0.2, 0.25) is 0 Å². The van der Waals surface area contributed by atoms with Gasteiger partial charge in [0.15, 0.2) is 5.82 Å². The number of benzene rings is 1. The molecule has 0 aliphatic heterocycles. The lowest BCUT2D eigenvalue weighted by molar-refractivity contribution is 0.102. The van der Waals surface area contributed by atoms with E-state index in [1.54, 1.807) is 12.1 Å². The smallest absolute Gasteiger partial charge is 0.256 e. The van der Waals surface area contributed by atoms with Gasteiger partial charge in [-0.1, -0.05) is 38.8 Å². The predicted molar refractivity (Wildman–Crippen MR) is 77.8 cm³/mol. The predicted octanol–water partition coefficient (Wildman–Crippen LogP) is 3.75. The number of amides is 1. The first-order chi connectivity index (χ1) is 8.58. The Hall–Kier alpha value is -1.14. The molecular weight excluding hydrogens is 362 g/mol. The molecule has 18 heavy (non-hydrogen) atoms. The first-order valence-electron chi connectivity index (χ1n) is 5.40. The fourth-order valence-corrected chi connectivity index (χ4v) is 2.77. The van der Waals surface area contributed by atoms with Crippen LogP contribution in [0, 0.1) is 0 Å². The molecule has 2 rings (SSSR count). The summed E-state index contributed by atoms with van der Waals surface area (Å²) in [5.74, 6) is 0.346. The van der Waals surface area contributed by atoms with Crippen molar-refractivity contribution >= 4 is 43.6 Å². The highest BCUT2D eigenvalue weighted by atomic mass is 79.9. The van der Waals surface area contributed by atoms with Crippen LogP contribution in [0.3, 0.4) is 0 Å². The van der Waals surface area contributed by atoms with E-state index in [1.807, 2.05) is 19.1 Å². The molecule has 1 aromatic heterocycles. The summed E-state index contributed by atoms with van der Waals surface area (Å²) in [5.41, 5.74) is 1.55. The molecule has 94 valence electrons. The van der Waals surface area contributed by atoms with Crippen LogP contribution in [-0.2, 0) is 6.42 Å². The number of nitrogens with zero attached hydrogens (tertiary/aromatic N) is 1. The minimum atomic E-state index is -0.189. The molecule has 0 saturated carbocycles. The van der Waals surface area contributed by atoms with Gasteiger partial charge in [0.05, 0.1) is 0 Å². The third kappa shape index (κ3) is 3.20. The highest BCUT2D eigenvalue weighted by Crippen LogP contribution is 2.20. The van der Waals surface area contributed by atoms with Crippen molar-refractivity contribution in [3.05, 3.63) is 44.5 Å². The number of hydrogen-bond acceptors (Lipinski definition) is 2. The van der Waals surface area contributed by atoms with E-state index < -0.39 is 0 Å². The van der Waals surface area contributed by atoms with E-state index in [4.69, 9.17) is 0 Å². The fraction of sp³-hybridized carbons (Fsp3) is 0.167. The Kier molecular flexibility index (Phi) is 4.19. The Morgan fingerprint density at radius 3 is 2.50 bits per heavy atom. The van der Waals surface area contributed by atoms with Gasteiger partial charge in [0, 0.05) is 26.3 Å². The number of nitrogens with one attached hydrogen (secondary N) is 2. The number of halogens is 2. The average molecular weight is 373 g/mol. The van der Waals surface area contributed by atoms with E-state index in [2.05, 4.69) is 47.4 Å². The van der Waals surface area contributed by atoms with Gasteiger partial charge in [0.25, 0.3) is 5.91 Å². The van der Waals surface area contributed by atoms with Gasteiger partial charge in [-0.25, -0.2) is 0 Å². The number of aromatic nitrogens is 2. The maximum absolute atomic E-state index is 12.0. The first-order valence-corrected chi connectivity index (χ1v) is 6.99. The van der Waals surface area contributed by atoms with Crippen molar-refractivity contribution in [1.29, 1.82) is 0 Å². The van der Waals surface area contributed by atoms with Gasteiger partial charge in [0.2, 0.25) is 0 Å². The van der Waals surface area contributed by atoms with E-state index in [-0.39, 0.29) is 5.91 Å². The number of hydrogen-bond donors (Lipinski definition) is 2. The summed E-state index contributed by atoms with van der Waals surface area (Å²) in [7, 11) is 0. The molecule has 0 bridgehead atoms. The molecule has 0 unspecified atom stereocenters. The van der Waals surface area contributed by atoms with Crippen LogP contribution in [0.4, 0.5) is 5.82 Å². The van der Waals surface area contributed by atoms with Gasteiger partial charge < -0.3 is 5.32 Å². The molecule has 1 heterocycles. The molecule has 0 spiro atoms. The second-order valence-electron chi connectivity index (χ2n) is 3.74. The third-order valence-corrected chi connectivity index (χ3v) is 3.29. The summed E-state index contributed by atoms with van der Waals surface area (Å²) in [4.78, 5) is 12.0. The summed E-state index contributed by atoms with van der Waals surface area (Å²) in [6.45, 7) is 2.02. The summed E-state index contributed by atoms with van der Waals surface area (Å²) >= 11 is 6.70. The molecule has 2 aromatic rings. The number of anilines is 1. The number of carbonyl (C=O) groups excluding carboxylic acids is 1. The summed E-state index contributed by atoms with van der Waals surface area (Å²) in [6.07, 6.45) is 0.852. The standard InChI is InChI=1S/C12H11Br2N3O/c1-2-10-6-11(17-16-10)15-12(18)7-3-8(13)5-9(14)4-7/h3-6H,2H2,1H3,(H2,15,16,17,18). The molecule has 4 nitrogen and oxygen atoms in total. The summed E-state index contributed by atoms with van der Waals surface area (Å²) in [5, 5.41) is 9.61. The van der Waals surface area contributed by atoms with E-state index >= 15 is 0 Å². The molecule has 0 atom stereocenters. The van der Waals surface area contributed by atoms with Crippen LogP contribution in [-0.4, -0.2) is 16.1 Å². The van der Waals surface area contributed by atoms with Crippen molar-refractivity contribution in [2.45, 2.75) is 13.3 Å². The topological polar surface area (TPSA) is 57.8 Å². The second kappa shape index (κ2) is 5.67. The van der Waals surface area contributed by atoms with Crippen molar-refractivity contribution in [2.24, 2.45) is 0 Å². The largest absolute Gasteiger partial charge is 0.305 e. The highest BCUT2D eigenvalue weighted by molar-refractivity contribution is 9.11. The van der Waals surface area contributed by atoms with Crippen LogP contribution in [0.15, 0.2) is 33.2 Å². The van der Waals surface area contributed by atoms with Crippen molar-refractivity contribution < 1.29 is 4.79 Å². The van der Waals surface area contributed by atoms with Gasteiger partial charge in [-0.15, -0.1) is 0 Å². The van der Waals surface area contributed by atoms with Crippen LogP contribution in [0.25, 0.3) is 0 Å². The Balaban J connectivity index is 2.16. The van der Waals surface area contributed by atoms with Gasteiger partial charge >= 0.3 is 0 Å². The maximum Gasteiger partial charge on any atom is 0.256 e. The fourth-order valence-electron chi connectivity index (χ4n) is 1.48. The normalized spacial score (nSPS) is 10.4.